The van der Waals surface area contributed by atoms with E-state index < -0.39 is 0 Å². The molecule has 0 bridgehead atoms. The number of hydrogen-bond acceptors (Lipinski definition) is 7. The Labute approximate surface area is 219 Å². The van der Waals surface area contributed by atoms with Gasteiger partial charge in [0.05, 0.1) is 23.9 Å². The number of anilines is 3. The molecule has 3 aromatic carbocycles. The fourth-order valence-corrected chi connectivity index (χ4v) is 4.50. The maximum Gasteiger partial charge on any atom is 0.228 e. The number of benzene rings is 3. The lowest BCUT2D eigenvalue weighted by molar-refractivity contribution is 0.387. The first-order valence-electron chi connectivity index (χ1n) is 12.0. The number of fused-ring (bicyclic) bond motifs is 1. The summed E-state index contributed by atoms with van der Waals surface area (Å²) in [6, 6.07) is 30.6. The number of pyridine rings is 1. The first-order chi connectivity index (χ1) is 18.6. The number of aromatic nitrogens is 4. The first-order valence-corrected chi connectivity index (χ1v) is 12.0. The van der Waals surface area contributed by atoms with E-state index in [0.717, 1.165) is 22.4 Å². The molecule has 8 nitrogen and oxygen atoms in total. The Balaban J connectivity index is 1.71. The topological polar surface area (TPSA) is 111 Å². The lowest BCUT2D eigenvalue weighted by Crippen LogP contribution is -2.06. The number of nitrogens with two attached hydrogens (primary N) is 1. The number of nitrogens with zero attached hydrogens (tertiary/aromatic N) is 4. The van der Waals surface area contributed by atoms with Crippen molar-refractivity contribution in [2.24, 2.45) is 0 Å². The van der Waals surface area contributed by atoms with E-state index in [9.17, 15) is 5.11 Å². The average Bonchev–Trinajstić information content (AvgIpc) is 3.34. The number of ether oxygens (including phenoxy) is 1. The Kier molecular flexibility index (Phi) is 5.82. The number of phenolic OH excluding ortho intramolecular Hbond substituents is 1. The van der Waals surface area contributed by atoms with Crippen LogP contribution in [0.15, 0.2) is 103 Å². The highest BCUT2D eigenvalue weighted by molar-refractivity contribution is 5.94. The summed E-state index contributed by atoms with van der Waals surface area (Å²) in [4.78, 5) is 9.53. The largest absolute Gasteiger partial charge is 0.506 e. The predicted octanol–water partition coefficient (Wildman–Crippen LogP) is 6.17. The molecule has 3 heterocycles. The number of rotatable bonds is 6. The summed E-state index contributed by atoms with van der Waals surface area (Å²) < 4.78 is 7.71. The van der Waals surface area contributed by atoms with Crippen molar-refractivity contribution in [2.75, 3.05) is 18.2 Å². The molecular weight excluding hydrogens is 476 g/mol. The molecule has 8 heteroatoms. The number of nitrogen functional groups attached to an aromatic ring is 1. The number of nitrogens with one attached hydrogen (secondary N) is 1. The van der Waals surface area contributed by atoms with Gasteiger partial charge in [0.2, 0.25) is 5.88 Å². The molecule has 0 spiro atoms. The zero-order valence-electron chi connectivity index (χ0n) is 20.5. The third-order valence-electron chi connectivity index (χ3n) is 6.25. The summed E-state index contributed by atoms with van der Waals surface area (Å²) in [5.41, 5.74) is 11.8. The van der Waals surface area contributed by atoms with E-state index in [1.54, 1.807) is 36.0 Å². The molecule has 0 aliphatic heterocycles. The van der Waals surface area contributed by atoms with Gasteiger partial charge in [0.15, 0.2) is 5.65 Å². The van der Waals surface area contributed by atoms with Gasteiger partial charge in [-0.3, -0.25) is 0 Å². The Morgan fingerprint density at radius 3 is 2.18 bits per heavy atom. The second kappa shape index (κ2) is 9.59. The Bertz CT molecular complexity index is 1740. The maximum atomic E-state index is 10.1. The minimum atomic E-state index is -0.00203. The van der Waals surface area contributed by atoms with Gasteiger partial charge in [0.25, 0.3) is 0 Å². The van der Waals surface area contributed by atoms with Crippen LogP contribution in [0.5, 0.6) is 11.6 Å². The van der Waals surface area contributed by atoms with E-state index in [1.165, 1.54) is 0 Å². The van der Waals surface area contributed by atoms with Crippen molar-refractivity contribution in [1.29, 1.82) is 0 Å². The summed E-state index contributed by atoms with van der Waals surface area (Å²) in [5.74, 6) is 1.58. The Morgan fingerprint density at radius 1 is 0.816 bits per heavy atom. The number of aromatic hydroxyl groups is 1. The van der Waals surface area contributed by atoms with Crippen LogP contribution in [0.25, 0.3) is 39.2 Å². The lowest BCUT2D eigenvalue weighted by atomic mass is 10.0. The van der Waals surface area contributed by atoms with E-state index in [-0.39, 0.29) is 11.4 Å². The van der Waals surface area contributed by atoms with Crippen molar-refractivity contribution in [3.63, 3.8) is 0 Å². The molecule has 0 radical (unpaired) electrons. The highest BCUT2D eigenvalue weighted by Gasteiger charge is 2.25. The molecule has 0 atom stereocenters. The maximum absolute atomic E-state index is 10.1. The summed E-state index contributed by atoms with van der Waals surface area (Å²) in [6.07, 6.45) is 1.71. The standard InChI is InChI=1S/C30H24N6O2/c1-38-30-26(21-15-16-23(37)22(31)18-21)28(33-24-14-8-9-17-32-24)34-29-25(19-10-4-2-5-11-19)27(35-36(29)30)20-12-6-3-7-13-20/h2-18,37H,31H2,1H3,(H,32,33,34). The molecule has 6 aromatic rings. The van der Waals surface area contributed by atoms with Gasteiger partial charge in [-0.05, 0) is 35.4 Å². The summed E-state index contributed by atoms with van der Waals surface area (Å²) in [7, 11) is 1.60. The van der Waals surface area contributed by atoms with Crippen molar-refractivity contribution in [3.8, 4) is 45.1 Å². The molecule has 0 saturated carbocycles. The van der Waals surface area contributed by atoms with E-state index in [2.05, 4.69) is 10.3 Å². The molecule has 0 unspecified atom stereocenters. The van der Waals surface area contributed by atoms with E-state index in [1.807, 2.05) is 78.9 Å². The van der Waals surface area contributed by atoms with E-state index in [0.29, 0.717) is 34.3 Å². The highest BCUT2D eigenvalue weighted by atomic mass is 16.5. The molecule has 38 heavy (non-hydrogen) atoms. The third-order valence-corrected chi connectivity index (χ3v) is 6.25. The smallest absolute Gasteiger partial charge is 0.228 e. The summed E-state index contributed by atoms with van der Waals surface area (Å²) in [5, 5.41) is 18.4. The van der Waals surface area contributed by atoms with Gasteiger partial charge in [-0.25, -0.2) is 9.97 Å². The number of hydrogen-bond donors (Lipinski definition) is 3. The van der Waals surface area contributed by atoms with Gasteiger partial charge in [-0.2, -0.15) is 9.61 Å². The third kappa shape index (κ3) is 4.04. The van der Waals surface area contributed by atoms with Gasteiger partial charge in [-0.1, -0.05) is 72.8 Å². The van der Waals surface area contributed by atoms with Gasteiger partial charge < -0.3 is 20.9 Å². The molecular formula is C30H24N6O2. The van der Waals surface area contributed by atoms with Gasteiger partial charge >= 0.3 is 0 Å². The fourth-order valence-electron chi connectivity index (χ4n) is 4.50. The van der Waals surface area contributed by atoms with Crippen molar-refractivity contribution < 1.29 is 9.84 Å². The van der Waals surface area contributed by atoms with Gasteiger partial charge in [0.1, 0.15) is 23.1 Å². The van der Waals surface area contributed by atoms with Crippen LogP contribution in [0.2, 0.25) is 0 Å². The minimum absolute atomic E-state index is 0.00203. The Hall–Kier alpha value is -5.37. The number of methoxy groups -OCH3 is 1. The second-order valence-electron chi connectivity index (χ2n) is 8.65. The molecule has 0 saturated heterocycles. The van der Waals surface area contributed by atoms with Crippen LogP contribution in [0, 0.1) is 0 Å². The van der Waals surface area contributed by atoms with Gasteiger partial charge in [0, 0.05) is 11.8 Å². The van der Waals surface area contributed by atoms with Crippen molar-refractivity contribution in [2.45, 2.75) is 0 Å². The highest BCUT2D eigenvalue weighted by Crippen LogP contribution is 2.43. The SMILES string of the molecule is COc1c(-c2ccc(O)c(N)c2)c(Nc2ccccn2)nc2c(-c3ccccc3)c(-c3ccccc3)nn12. The second-order valence-corrected chi connectivity index (χ2v) is 8.65. The van der Waals surface area contributed by atoms with Crippen molar-refractivity contribution in [3.05, 3.63) is 103 Å². The number of phenols is 1. The Morgan fingerprint density at radius 2 is 1.53 bits per heavy atom. The average molecular weight is 501 g/mol. The van der Waals surface area contributed by atoms with Gasteiger partial charge in [-0.15, -0.1) is 0 Å². The van der Waals surface area contributed by atoms with Crippen LogP contribution in [-0.4, -0.2) is 31.8 Å². The van der Waals surface area contributed by atoms with Crippen LogP contribution in [0.3, 0.4) is 0 Å². The van der Waals surface area contributed by atoms with Crippen LogP contribution in [-0.2, 0) is 0 Å². The van der Waals surface area contributed by atoms with Crippen LogP contribution in [0.4, 0.5) is 17.3 Å². The fraction of sp³-hybridized carbons (Fsp3) is 0.0333. The monoisotopic (exact) mass is 500 g/mol. The van der Waals surface area contributed by atoms with Crippen LogP contribution >= 0.6 is 0 Å². The predicted molar refractivity (Wildman–Crippen MR) is 149 cm³/mol. The first kappa shape index (κ1) is 23.1. The van der Waals surface area contributed by atoms with E-state index >= 15 is 0 Å². The molecule has 4 N–H and O–H groups in total. The normalized spacial score (nSPS) is 11.0. The quantitative estimate of drug-likeness (QED) is 0.185. The molecule has 0 aliphatic carbocycles. The molecule has 0 aliphatic rings. The molecule has 3 aromatic heterocycles. The van der Waals surface area contributed by atoms with Crippen LogP contribution in [0.1, 0.15) is 0 Å². The molecule has 6 rings (SSSR count). The zero-order chi connectivity index (χ0) is 26.1. The summed E-state index contributed by atoms with van der Waals surface area (Å²) in [6.45, 7) is 0. The molecule has 0 amide bonds. The van der Waals surface area contributed by atoms with Crippen LogP contribution < -0.4 is 15.8 Å². The molecule has 0 fully saturated rings. The minimum Gasteiger partial charge on any atom is -0.506 e. The summed E-state index contributed by atoms with van der Waals surface area (Å²) >= 11 is 0. The van der Waals surface area contributed by atoms with E-state index in [4.69, 9.17) is 20.6 Å². The van der Waals surface area contributed by atoms with Crippen molar-refractivity contribution in [1.82, 2.24) is 19.6 Å². The molecule has 186 valence electrons. The zero-order valence-corrected chi connectivity index (χ0v) is 20.5. The lowest BCUT2D eigenvalue weighted by Gasteiger charge is -2.17. The van der Waals surface area contributed by atoms with Crippen molar-refractivity contribution >= 4 is 23.0 Å².